The molecule has 11 heavy (non-hydrogen) atoms. The van der Waals surface area contributed by atoms with Crippen LogP contribution < -0.4 is 0 Å². The van der Waals surface area contributed by atoms with Crippen molar-refractivity contribution in [2.24, 2.45) is 0 Å². The number of hydrogen-bond acceptors (Lipinski definition) is 2. The van der Waals surface area contributed by atoms with Gasteiger partial charge in [-0.25, -0.2) is 0 Å². The van der Waals surface area contributed by atoms with Gasteiger partial charge in [0, 0.05) is 0 Å². The minimum Gasteiger partial charge on any atom is -0.481 e. The molecule has 0 amide bonds. The lowest BCUT2D eigenvalue weighted by molar-refractivity contribution is -0.139. The summed E-state index contributed by atoms with van der Waals surface area (Å²) in [7, 11) is 0. The van der Waals surface area contributed by atoms with Gasteiger partial charge in [0.25, 0.3) is 0 Å². The monoisotopic (exact) mass is 158 g/mol. The largest absolute Gasteiger partial charge is 0.481 e. The molecule has 0 rings (SSSR count). The van der Waals surface area contributed by atoms with E-state index in [1.54, 1.807) is 6.08 Å². The fraction of sp³-hybridized carbons (Fsp3) is 0.625. The van der Waals surface area contributed by atoms with Gasteiger partial charge >= 0.3 is 5.97 Å². The highest BCUT2D eigenvalue weighted by molar-refractivity contribution is 5.67. The number of carboxylic acids is 1. The lowest BCUT2D eigenvalue weighted by atomic mass is 10.2. The second-order valence-electron chi connectivity index (χ2n) is 2.37. The summed E-state index contributed by atoms with van der Waals surface area (Å²) in [5.74, 6) is -0.956. The van der Waals surface area contributed by atoms with Crippen LogP contribution in [0, 0.1) is 0 Å². The van der Waals surface area contributed by atoms with Gasteiger partial charge in [-0.15, -0.1) is 0 Å². The molecule has 0 radical (unpaired) electrons. The number of aliphatic hydroxyl groups excluding tert-OH is 1. The van der Waals surface area contributed by atoms with Crippen LogP contribution in [0.5, 0.6) is 0 Å². The zero-order chi connectivity index (χ0) is 8.69. The second-order valence-corrected chi connectivity index (χ2v) is 2.37. The highest BCUT2D eigenvalue weighted by Crippen LogP contribution is 1.99. The van der Waals surface area contributed by atoms with E-state index < -0.39 is 12.1 Å². The third kappa shape index (κ3) is 7.06. The Bertz CT molecular complexity index is 140. The molecule has 0 aliphatic heterocycles. The standard InChI is InChI=1S/C8H14O3/c1-2-3-4-5-7(9)6-8(10)11/h3-4,7,9H,2,5-6H2,1H3,(H,10,11)/b4-3+. The van der Waals surface area contributed by atoms with E-state index in [0.29, 0.717) is 6.42 Å². The molecule has 1 unspecified atom stereocenters. The maximum Gasteiger partial charge on any atom is 0.305 e. The number of aliphatic carboxylic acids is 1. The molecule has 0 aliphatic rings. The van der Waals surface area contributed by atoms with Gasteiger partial charge in [0.05, 0.1) is 12.5 Å². The van der Waals surface area contributed by atoms with E-state index in [2.05, 4.69) is 0 Å². The highest BCUT2D eigenvalue weighted by atomic mass is 16.4. The van der Waals surface area contributed by atoms with Gasteiger partial charge in [-0.2, -0.15) is 0 Å². The van der Waals surface area contributed by atoms with Gasteiger partial charge in [-0.3, -0.25) is 4.79 Å². The average Bonchev–Trinajstić information content (AvgIpc) is 1.86. The molecule has 64 valence electrons. The Morgan fingerprint density at radius 2 is 2.18 bits per heavy atom. The molecule has 1 atom stereocenters. The van der Waals surface area contributed by atoms with E-state index in [9.17, 15) is 4.79 Å². The van der Waals surface area contributed by atoms with Crippen LogP contribution >= 0.6 is 0 Å². The van der Waals surface area contributed by atoms with E-state index >= 15 is 0 Å². The van der Waals surface area contributed by atoms with Crippen molar-refractivity contribution in [2.45, 2.75) is 32.3 Å². The Balaban J connectivity index is 3.44. The SMILES string of the molecule is CC/C=C/CC(O)CC(=O)O. The Morgan fingerprint density at radius 3 is 2.64 bits per heavy atom. The average molecular weight is 158 g/mol. The van der Waals surface area contributed by atoms with Crippen LogP contribution in [0.15, 0.2) is 12.2 Å². The molecule has 3 nitrogen and oxygen atoms in total. The van der Waals surface area contributed by atoms with Gasteiger partial charge in [-0.05, 0) is 12.8 Å². The van der Waals surface area contributed by atoms with Crippen LogP contribution in [0.1, 0.15) is 26.2 Å². The molecule has 0 fully saturated rings. The zero-order valence-electron chi connectivity index (χ0n) is 6.66. The van der Waals surface area contributed by atoms with E-state index in [0.717, 1.165) is 6.42 Å². The summed E-state index contributed by atoms with van der Waals surface area (Å²) in [6.45, 7) is 1.99. The molecule has 0 aliphatic carbocycles. The summed E-state index contributed by atoms with van der Waals surface area (Å²) in [5, 5.41) is 17.3. The molecule has 0 saturated carbocycles. The Morgan fingerprint density at radius 1 is 1.55 bits per heavy atom. The Kier molecular flexibility index (Phi) is 5.47. The van der Waals surface area contributed by atoms with Crippen LogP contribution in [0.4, 0.5) is 0 Å². The summed E-state index contributed by atoms with van der Waals surface area (Å²) in [4.78, 5) is 10.1. The smallest absolute Gasteiger partial charge is 0.305 e. The lowest BCUT2D eigenvalue weighted by Gasteiger charge is -2.02. The van der Waals surface area contributed by atoms with E-state index in [1.807, 2.05) is 13.0 Å². The fourth-order valence-electron chi connectivity index (χ4n) is 0.705. The van der Waals surface area contributed by atoms with Gasteiger partial charge in [-0.1, -0.05) is 19.1 Å². The normalized spacial score (nSPS) is 13.6. The molecule has 0 bridgehead atoms. The predicted octanol–water partition coefficient (Wildman–Crippen LogP) is 1.18. The summed E-state index contributed by atoms with van der Waals surface area (Å²) in [6.07, 6.45) is 4.14. The van der Waals surface area contributed by atoms with Crippen LogP contribution in [-0.4, -0.2) is 22.3 Å². The minimum absolute atomic E-state index is 0.173. The van der Waals surface area contributed by atoms with Crippen LogP contribution in [0.25, 0.3) is 0 Å². The van der Waals surface area contributed by atoms with E-state index in [4.69, 9.17) is 10.2 Å². The Labute approximate surface area is 66.4 Å². The molecule has 0 aromatic carbocycles. The van der Waals surface area contributed by atoms with Crippen molar-refractivity contribution in [1.82, 2.24) is 0 Å². The molecule has 2 N–H and O–H groups in total. The highest BCUT2D eigenvalue weighted by Gasteiger charge is 2.06. The second kappa shape index (κ2) is 5.92. The first kappa shape index (κ1) is 10.2. The van der Waals surface area contributed by atoms with Crippen LogP contribution in [0.3, 0.4) is 0 Å². The van der Waals surface area contributed by atoms with E-state index in [1.165, 1.54) is 0 Å². The van der Waals surface area contributed by atoms with Gasteiger partial charge in [0.15, 0.2) is 0 Å². The van der Waals surface area contributed by atoms with Crippen molar-refractivity contribution in [3.8, 4) is 0 Å². The first-order valence-electron chi connectivity index (χ1n) is 3.71. The van der Waals surface area contributed by atoms with Crippen molar-refractivity contribution in [1.29, 1.82) is 0 Å². The predicted molar refractivity (Wildman–Crippen MR) is 42.3 cm³/mol. The van der Waals surface area contributed by atoms with E-state index in [-0.39, 0.29) is 6.42 Å². The number of aliphatic hydroxyl groups is 1. The summed E-state index contributed by atoms with van der Waals surface area (Å²) >= 11 is 0. The maximum absolute atomic E-state index is 10.1. The Hall–Kier alpha value is -0.830. The molecule has 0 aromatic rings. The van der Waals surface area contributed by atoms with Gasteiger partial charge in [0.2, 0.25) is 0 Å². The summed E-state index contributed by atoms with van der Waals surface area (Å²) < 4.78 is 0. The fourth-order valence-corrected chi connectivity index (χ4v) is 0.705. The number of hydrogen-bond donors (Lipinski definition) is 2. The maximum atomic E-state index is 10.1. The van der Waals surface area contributed by atoms with Crippen molar-refractivity contribution >= 4 is 5.97 Å². The van der Waals surface area contributed by atoms with Crippen LogP contribution in [0.2, 0.25) is 0 Å². The zero-order valence-corrected chi connectivity index (χ0v) is 6.66. The van der Waals surface area contributed by atoms with Crippen molar-refractivity contribution in [2.75, 3.05) is 0 Å². The quantitative estimate of drug-likeness (QED) is 0.590. The first-order chi connectivity index (χ1) is 5.16. The lowest BCUT2D eigenvalue weighted by Crippen LogP contribution is -2.11. The third-order valence-electron chi connectivity index (χ3n) is 1.22. The molecule has 0 heterocycles. The minimum atomic E-state index is -0.956. The van der Waals surface area contributed by atoms with Gasteiger partial charge < -0.3 is 10.2 Å². The summed E-state index contributed by atoms with van der Waals surface area (Å²) in [5.41, 5.74) is 0. The molecular formula is C8H14O3. The van der Waals surface area contributed by atoms with Gasteiger partial charge in [0.1, 0.15) is 0 Å². The van der Waals surface area contributed by atoms with Crippen LogP contribution in [-0.2, 0) is 4.79 Å². The molecule has 0 saturated heterocycles. The third-order valence-corrected chi connectivity index (χ3v) is 1.22. The topological polar surface area (TPSA) is 57.5 Å². The molecule has 0 aromatic heterocycles. The number of carbonyl (C=O) groups is 1. The summed E-state index contributed by atoms with van der Waals surface area (Å²) in [6, 6.07) is 0. The number of carboxylic acid groups (broad SMARTS) is 1. The van der Waals surface area contributed by atoms with Crippen molar-refractivity contribution in [3.63, 3.8) is 0 Å². The van der Waals surface area contributed by atoms with Crippen molar-refractivity contribution in [3.05, 3.63) is 12.2 Å². The molecule has 0 spiro atoms. The first-order valence-corrected chi connectivity index (χ1v) is 3.71. The number of allylic oxidation sites excluding steroid dienone is 1. The van der Waals surface area contributed by atoms with Crippen molar-refractivity contribution < 1.29 is 15.0 Å². The number of rotatable bonds is 5. The molecular weight excluding hydrogens is 144 g/mol. The molecule has 3 heteroatoms.